The topological polar surface area (TPSA) is 77.4 Å². The standard InChI is InChI=1S/C48H53BF2N6O4/c1-46(2)47(3,4)61-49(60-46)36-19-21-37(22-20-36)57-26-25-41(48(50,51)33-57)56-29-27-55(28-30-56)40-18-12-17-38-43(53-54(5)44(38)40)39-23-24-42(58-31-34-13-8-6-9-14-34)52-45(39)59-32-35-15-10-7-11-16-35/h6-24,41H,25-33H2,1-5H3/t41-/m1/s1. The maximum Gasteiger partial charge on any atom is 0.494 e. The van der Waals surface area contributed by atoms with Crippen LogP contribution in [0.2, 0.25) is 0 Å². The lowest BCUT2D eigenvalue weighted by Gasteiger charge is -2.47. The van der Waals surface area contributed by atoms with E-state index in [2.05, 4.69) is 17.0 Å². The van der Waals surface area contributed by atoms with E-state index in [1.54, 1.807) is 4.90 Å². The van der Waals surface area contributed by atoms with Crippen molar-refractivity contribution >= 4 is 34.9 Å². The molecule has 9 rings (SSSR count). The number of piperazine rings is 1. The number of rotatable bonds is 11. The van der Waals surface area contributed by atoms with Crippen molar-refractivity contribution in [3.8, 4) is 23.0 Å². The first-order valence-corrected chi connectivity index (χ1v) is 21.2. The van der Waals surface area contributed by atoms with E-state index in [4.69, 9.17) is 28.9 Å². The molecule has 3 fully saturated rings. The maximum absolute atomic E-state index is 16.1. The first-order chi connectivity index (χ1) is 29.3. The fourth-order valence-electron chi connectivity index (χ4n) is 8.72. The van der Waals surface area contributed by atoms with Crippen molar-refractivity contribution in [3.63, 3.8) is 0 Å². The molecule has 13 heteroatoms. The zero-order valence-electron chi connectivity index (χ0n) is 35.6. The van der Waals surface area contributed by atoms with Crippen LogP contribution in [0, 0.1) is 0 Å². The van der Waals surface area contributed by atoms with Crippen LogP contribution >= 0.6 is 0 Å². The minimum Gasteiger partial charge on any atom is -0.473 e. The Morgan fingerprint density at radius 1 is 0.705 bits per heavy atom. The third-order valence-corrected chi connectivity index (χ3v) is 12.8. The largest absolute Gasteiger partial charge is 0.494 e. The Bertz CT molecular complexity index is 2440. The number of benzene rings is 4. The number of halogens is 2. The minimum atomic E-state index is -2.88. The number of nitrogens with zero attached hydrogens (tertiary/aromatic N) is 6. The van der Waals surface area contributed by atoms with Gasteiger partial charge in [0.15, 0.2) is 0 Å². The summed E-state index contributed by atoms with van der Waals surface area (Å²) in [6.07, 6.45) is 0.380. The van der Waals surface area contributed by atoms with Crippen molar-refractivity contribution in [2.75, 3.05) is 49.1 Å². The van der Waals surface area contributed by atoms with Crippen molar-refractivity contribution < 1.29 is 27.6 Å². The molecule has 3 saturated heterocycles. The zero-order valence-corrected chi connectivity index (χ0v) is 35.6. The van der Waals surface area contributed by atoms with Crippen LogP contribution in [0.4, 0.5) is 20.2 Å². The summed E-state index contributed by atoms with van der Waals surface area (Å²) in [5.74, 6) is -1.99. The molecule has 4 aromatic carbocycles. The Kier molecular flexibility index (Phi) is 11.0. The van der Waals surface area contributed by atoms with Gasteiger partial charge >= 0.3 is 7.12 Å². The smallest absolute Gasteiger partial charge is 0.473 e. The maximum atomic E-state index is 16.1. The molecular formula is C48H53BF2N6O4. The average Bonchev–Trinajstić information content (AvgIpc) is 3.72. The quantitative estimate of drug-likeness (QED) is 0.121. The van der Waals surface area contributed by atoms with Crippen LogP contribution in [0.25, 0.3) is 22.2 Å². The predicted octanol–water partition coefficient (Wildman–Crippen LogP) is 8.13. The molecule has 0 spiro atoms. The van der Waals surface area contributed by atoms with E-state index in [-0.39, 0.29) is 6.54 Å². The first kappa shape index (κ1) is 40.9. The molecule has 0 amide bonds. The van der Waals surface area contributed by atoms with Gasteiger partial charge in [-0.15, -0.1) is 0 Å². The number of alkyl halides is 2. The molecule has 10 nitrogen and oxygen atoms in total. The summed E-state index contributed by atoms with van der Waals surface area (Å²) in [6.45, 7) is 11.3. The Balaban J connectivity index is 0.884. The van der Waals surface area contributed by atoms with Crippen molar-refractivity contribution in [1.29, 1.82) is 0 Å². The highest BCUT2D eigenvalue weighted by atomic mass is 19.3. The summed E-state index contributed by atoms with van der Waals surface area (Å²) in [4.78, 5) is 10.9. The second kappa shape index (κ2) is 16.4. The highest BCUT2D eigenvalue weighted by molar-refractivity contribution is 6.62. The number of ether oxygens (including phenoxy) is 2. The number of hydrogen-bond donors (Lipinski definition) is 0. The molecule has 0 radical (unpaired) electrons. The number of fused-ring (bicyclic) bond motifs is 1. The van der Waals surface area contributed by atoms with Gasteiger partial charge in [0.05, 0.1) is 40.6 Å². The van der Waals surface area contributed by atoms with Crippen LogP contribution in [-0.4, -0.2) is 89.2 Å². The third kappa shape index (κ3) is 8.31. The molecule has 0 bridgehead atoms. The van der Waals surface area contributed by atoms with Gasteiger partial charge in [0, 0.05) is 56.9 Å². The lowest BCUT2D eigenvalue weighted by Crippen LogP contribution is -2.62. The van der Waals surface area contributed by atoms with Gasteiger partial charge in [0.1, 0.15) is 18.9 Å². The van der Waals surface area contributed by atoms with E-state index in [9.17, 15) is 0 Å². The van der Waals surface area contributed by atoms with E-state index in [1.807, 2.05) is 147 Å². The molecule has 61 heavy (non-hydrogen) atoms. The summed E-state index contributed by atoms with van der Waals surface area (Å²) in [5, 5.41) is 5.99. The van der Waals surface area contributed by atoms with E-state index in [0.29, 0.717) is 64.1 Å². The molecule has 0 unspecified atom stereocenters. The van der Waals surface area contributed by atoms with E-state index in [1.165, 1.54) is 0 Å². The molecular weight excluding hydrogens is 773 g/mol. The highest BCUT2D eigenvalue weighted by Gasteiger charge is 2.52. The molecule has 1 atom stereocenters. The molecule has 3 aliphatic rings. The average molecular weight is 827 g/mol. The van der Waals surface area contributed by atoms with Crippen LogP contribution in [0.1, 0.15) is 45.2 Å². The van der Waals surface area contributed by atoms with Crippen LogP contribution in [-0.2, 0) is 29.6 Å². The fourth-order valence-corrected chi connectivity index (χ4v) is 8.72. The summed E-state index contributed by atoms with van der Waals surface area (Å²) in [5.41, 5.74) is 6.32. The SMILES string of the molecule is Cn1nc(-c2ccc(OCc3ccccc3)nc2OCc2ccccc2)c2cccc(N3CCN([C@@H]4CCN(c5ccc(B6OC(C)(C)C(C)(C)O6)cc5)CC4(F)F)CC3)c21. The normalized spacial score (nSPS) is 20.0. The third-order valence-electron chi connectivity index (χ3n) is 12.8. The van der Waals surface area contributed by atoms with Gasteiger partial charge in [0.25, 0.3) is 5.92 Å². The Hall–Kier alpha value is -5.50. The Labute approximate surface area is 357 Å². The molecule has 0 saturated carbocycles. The van der Waals surface area contributed by atoms with Crippen LogP contribution < -0.4 is 24.7 Å². The molecule has 316 valence electrons. The minimum absolute atomic E-state index is 0.323. The van der Waals surface area contributed by atoms with Gasteiger partial charge < -0.3 is 28.6 Å². The second-order valence-corrected chi connectivity index (χ2v) is 17.4. The van der Waals surface area contributed by atoms with Crippen LogP contribution in [0.3, 0.4) is 0 Å². The molecule has 6 aromatic rings. The monoisotopic (exact) mass is 826 g/mol. The van der Waals surface area contributed by atoms with Crippen molar-refractivity contribution in [2.45, 2.75) is 70.5 Å². The number of aromatic nitrogens is 3. The zero-order chi connectivity index (χ0) is 42.4. The lowest BCUT2D eigenvalue weighted by atomic mass is 9.79. The summed E-state index contributed by atoms with van der Waals surface area (Å²) < 4.78 is 59.0. The van der Waals surface area contributed by atoms with E-state index in [0.717, 1.165) is 50.1 Å². The number of para-hydroxylation sites is 1. The van der Waals surface area contributed by atoms with Gasteiger partial charge in [0.2, 0.25) is 11.8 Å². The van der Waals surface area contributed by atoms with Crippen LogP contribution in [0.5, 0.6) is 11.8 Å². The molecule has 5 heterocycles. The number of piperidine rings is 1. The van der Waals surface area contributed by atoms with Gasteiger partial charge in [-0.3, -0.25) is 9.58 Å². The van der Waals surface area contributed by atoms with Crippen molar-refractivity contribution in [3.05, 3.63) is 126 Å². The second-order valence-electron chi connectivity index (χ2n) is 17.4. The predicted molar refractivity (Wildman–Crippen MR) is 237 cm³/mol. The number of aryl methyl sites for hydroxylation is 1. The lowest BCUT2D eigenvalue weighted by molar-refractivity contribution is -0.0891. The molecule has 3 aliphatic heterocycles. The first-order valence-electron chi connectivity index (χ1n) is 21.2. The molecule has 0 aliphatic carbocycles. The van der Waals surface area contributed by atoms with Crippen LogP contribution in [0.15, 0.2) is 115 Å². The number of hydrogen-bond acceptors (Lipinski definition) is 9. The molecule has 2 aromatic heterocycles. The Morgan fingerprint density at radius 3 is 1.98 bits per heavy atom. The van der Waals surface area contributed by atoms with Crippen molar-refractivity contribution in [1.82, 2.24) is 19.7 Å². The van der Waals surface area contributed by atoms with Gasteiger partial charge in [-0.1, -0.05) is 84.9 Å². The van der Waals surface area contributed by atoms with Gasteiger partial charge in [-0.05, 0) is 75.0 Å². The van der Waals surface area contributed by atoms with E-state index < -0.39 is 30.3 Å². The highest BCUT2D eigenvalue weighted by Crippen LogP contribution is 2.40. The summed E-state index contributed by atoms with van der Waals surface area (Å²) >= 11 is 0. The summed E-state index contributed by atoms with van der Waals surface area (Å²) in [7, 11) is 1.45. The number of pyridine rings is 1. The van der Waals surface area contributed by atoms with Gasteiger partial charge in [-0.2, -0.15) is 10.1 Å². The fraction of sp³-hybridized carbons (Fsp3) is 0.375. The van der Waals surface area contributed by atoms with Gasteiger partial charge in [-0.25, -0.2) is 8.78 Å². The molecule has 0 N–H and O–H groups in total. The van der Waals surface area contributed by atoms with Crippen molar-refractivity contribution in [2.24, 2.45) is 7.05 Å². The number of anilines is 2. The van der Waals surface area contributed by atoms with E-state index >= 15 is 8.78 Å². The summed E-state index contributed by atoms with van der Waals surface area (Å²) in [6, 6.07) is 36.8. The Morgan fingerprint density at radius 2 is 1.34 bits per heavy atom.